The molecule has 1 N–H and O–H groups in total. The van der Waals surface area contributed by atoms with Gasteiger partial charge in [0.2, 0.25) is 0 Å². The minimum atomic E-state index is -0.0474. The van der Waals surface area contributed by atoms with E-state index in [0.717, 1.165) is 37.4 Å². The van der Waals surface area contributed by atoms with Crippen molar-refractivity contribution in [1.29, 1.82) is 0 Å². The number of benzene rings is 1. The topological polar surface area (TPSA) is 57.5 Å². The highest BCUT2D eigenvalue weighted by molar-refractivity contribution is 6.32. The van der Waals surface area contributed by atoms with E-state index in [1.807, 2.05) is 31.5 Å². The van der Waals surface area contributed by atoms with Crippen LogP contribution in [-0.4, -0.2) is 35.9 Å². The second-order valence-electron chi connectivity index (χ2n) is 6.53. The van der Waals surface area contributed by atoms with Gasteiger partial charge in [-0.05, 0) is 44.4 Å². The van der Waals surface area contributed by atoms with Crippen LogP contribution in [0.1, 0.15) is 44.2 Å². The number of hydrogen-bond donors (Lipinski definition) is 1. The molecule has 1 aliphatic heterocycles. The van der Waals surface area contributed by atoms with E-state index >= 15 is 0 Å². The Hall–Kier alpha value is -1.76. The average Bonchev–Trinajstić information content (AvgIpc) is 3.17. The molecule has 2 aromatic rings. The van der Waals surface area contributed by atoms with E-state index in [9.17, 15) is 0 Å². The number of halogens is 1. The van der Waals surface area contributed by atoms with Crippen molar-refractivity contribution in [3.05, 3.63) is 40.9 Å². The van der Waals surface area contributed by atoms with Crippen molar-refractivity contribution in [2.45, 2.75) is 51.9 Å². The molecule has 0 amide bonds. The Morgan fingerprint density at radius 1 is 1.37 bits per heavy atom. The van der Waals surface area contributed by atoms with Gasteiger partial charge in [0, 0.05) is 38.1 Å². The summed E-state index contributed by atoms with van der Waals surface area (Å²) in [5.41, 5.74) is 1.04. The minimum absolute atomic E-state index is 0.0474. The zero-order valence-electron chi connectivity index (χ0n) is 16.2. The van der Waals surface area contributed by atoms with Crippen LogP contribution in [0.2, 0.25) is 5.02 Å². The second-order valence-corrected chi connectivity index (χ2v) is 6.94. The molecular formula is C20H28ClN3O3. The normalized spacial score (nSPS) is 19.9. The molecular weight excluding hydrogens is 366 g/mol. The Balaban J connectivity index is 1.73. The largest absolute Gasteiger partial charge is 0.493 e. The number of rotatable bonds is 8. The summed E-state index contributed by atoms with van der Waals surface area (Å²) in [6.45, 7) is 6.90. The molecule has 1 saturated heterocycles. The molecule has 0 saturated carbocycles. The number of nitrogens with zero attached hydrogens (tertiary/aromatic N) is 2. The number of aryl methyl sites for hydroxylation is 1. The highest BCUT2D eigenvalue weighted by Gasteiger charge is 2.30. The quantitative estimate of drug-likeness (QED) is 0.735. The number of imidazole rings is 1. The van der Waals surface area contributed by atoms with Crippen LogP contribution in [0, 0.1) is 0 Å². The molecule has 1 aromatic heterocycles. The molecule has 2 atom stereocenters. The molecule has 1 aromatic carbocycles. The molecule has 3 rings (SSSR count). The van der Waals surface area contributed by atoms with Crippen LogP contribution in [0.5, 0.6) is 11.5 Å². The average molecular weight is 394 g/mol. The molecule has 0 radical (unpaired) electrons. The van der Waals surface area contributed by atoms with Crippen LogP contribution in [0.15, 0.2) is 24.5 Å². The van der Waals surface area contributed by atoms with Gasteiger partial charge >= 0.3 is 0 Å². The number of aromatic nitrogens is 2. The fourth-order valence-corrected chi connectivity index (χ4v) is 3.79. The van der Waals surface area contributed by atoms with Gasteiger partial charge in [0.25, 0.3) is 0 Å². The predicted molar refractivity (Wildman–Crippen MR) is 106 cm³/mol. The zero-order valence-corrected chi connectivity index (χ0v) is 17.0. The molecule has 2 heterocycles. The second kappa shape index (κ2) is 9.44. The van der Waals surface area contributed by atoms with Crippen LogP contribution in [-0.2, 0) is 17.8 Å². The van der Waals surface area contributed by atoms with E-state index in [-0.39, 0.29) is 12.1 Å². The van der Waals surface area contributed by atoms with Gasteiger partial charge in [-0.25, -0.2) is 4.98 Å². The van der Waals surface area contributed by atoms with E-state index in [0.29, 0.717) is 29.7 Å². The smallest absolute Gasteiger partial charge is 0.179 e. The summed E-state index contributed by atoms with van der Waals surface area (Å²) in [7, 11) is 1.63. The monoisotopic (exact) mass is 393 g/mol. The molecule has 0 unspecified atom stereocenters. The first kappa shape index (κ1) is 20.0. The van der Waals surface area contributed by atoms with Crippen LogP contribution in [0.25, 0.3) is 0 Å². The van der Waals surface area contributed by atoms with Crippen molar-refractivity contribution < 1.29 is 14.2 Å². The summed E-state index contributed by atoms with van der Waals surface area (Å²) in [5, 5.41) is 4.19. The van der Waals surface area contributed by atoms with Crippen LogP contribution in [0.3, 0.4) is 0 Å². The standard InChI is InChI=1S/C20H28ClN3O3/c1-4-24-9-8-22-20(24)19-16(7-6-10-27-19)23-13-14-11-15(21)18(26-5-2)17(12-14)25-3/h8-9,11-12,16,19,23H,4-7,10,13H2,1-3H3/t16-,19-/m0/s1. The van der Waals surface area contributed by atoms with Gasteiger partial charge in [-0.15, -0.1) is 0 Å². The fraction of sp³-hybridized carbons (Fsp3) is 0.550. The van der Waals surface area contributed by atoms with E-state index in [4.69, 9.17) is 25.8 Å². The summed E-state index contributed by atoms with van der Waals surface area (Å²) in [5.74, 6) is 2.23. The highest BCUT2D eigenvalue weighted by atomic mass is 35.5. The van der Waals surface area contributed by atoms with Gasteiger partial charge in [-0.3, -0.25) is 0 Å². The summed E-state index contributed by atoms with van der Waals surface area (Å²) in [6, 6.07) is 4.09. The Bertz CT molecular complexity index is 750. The number of methoxy groups -OCH3 is 1. The lowest BCUT2D eigenvalue weighted by atomic mass is 10.0. The number of nitrogens with one attached hydrogen (secondary N) is 1. The van der Waals surface area contributed by atoms with Gasteiger partial charge in [0.05, 0.1) is 18.7 Å². The van der Waals surface area contributed by atoms with Crippen molar-refractivity contribution in [3.8, 4) is 11.5 Å². The first-order valence-electron chi connectivity index (χ1n) is 9.53. The van der Waals surface area contributed by atoms with Gasteiger partial charge in [-0.2, -0.15) is 0 Å². The summed E-state index contributed by atoms with van der Waals surface area (Å²) < 4.78 is 19.2. The van der Waals surface area contributed by atoms with E-state index in [1.165, 1.54) is 0 Å². The summed E-state index contributed by atoms with van der Waals surface area (Å²) >= 11 is 6.39. The third-order valence-electron chi connectivity index (χ3n) is 4.81. The predicted octanol–water partition coefficient (Wildman–Crippen LogP) is 3.97. The molecule has 1 fully saturated rings. The van der Waals surface area contributed by atoms with Crippen LogP contribution < -0.4 is 14.8 Å². The van der Waals surface area contributed by atoms with Crippen molar-refractivity contribution >= 4 is 11.6 Å². The van der Waals surface area contributed by atoms with E-state index in [1.54, 1.807) is 7.11 Å². The third kappa shape index (κ3) is 4.57. The maximum Gasteiger partial charge on any atom is 0.179 e. The molecule has 0 bridgehead atoms. The maximum atomic E-state index is 6.39. The first-order valence-corrected chi connectivity index (χ1v) is 9.90. The number of ether oxygens (including phenoxy) is 3. The Kier molecular flexibility index (Phi) is 6.99. The SMILES string of the molecule is CCOc1c(Cl)cc(CN[C@H]2CCCO[C@@H]2c2nccn2CC)cc1OC. The lowest BCUT2D eigenvalue weighted by molar-refractivity contribution is -0.0182. The highest BCUT2D eigenvalue weighted by Crippen LogP contribution is 2.36. The minimum Gasteiger partial charge on any atom is -0.493 e. The molecule has 27 heavy (non-hydrogen) atoms. The van der Waals surface area contributed by atoms with Crippen molar-refractivity contribution in [2.75, 3.05) is 20.3 Å². The summed E-state index contributed by atoms with van der Waals surface area (Å²) in [6.07, 6.45) is 5.87. The molecule has 6 nitrogen and oxygen atoms in total. The fourth-order valence-electron chi connectivity index (χ4n) is 3.50. The summed E-state index contributed by atoms with van der Waals surface area (Å²) in [4.78, 5) is 4.53. The lowest BCUT2D eigenvalue weighted by Gasteiger charge is -2.32. The van der Waals surface area contributed by atoms with Crippen molar-refractivity contribution in [1.82, 2.24) is 14.9 Å². The Morgan fingerprint density at radius 3 is 2.96 bits per heavy atom. The van der Waals surface area contributed by atoms with Gasteiger partial charge in [0.15, 0.2) is 11.5 Å². The van der Waals surface area contributed by atoms with Crippen molar-refractivity contribution in [3.63, 3.8) is 0 Å². The Labute approximate surface area is 165 Å². The van der Waals surface area contributed by atoms with Crippen LogP contribution >= 0.6 is 11.6 Å². The van der Waals surface area contributed by atoms with Crippen molar-refractivity contribution in [2.24, 2.45) is 0 Å². The zero-order chi connectivity index (χ0) is 19.2. The molecule has 0 aliphatic carbocycles. The van der Waals surface area contributed by atoms with Crippen LogP contribution in [0.4, 0.5) is 0 Å². The van der Waals surface area contributed by atoms with E-state index in [2.05, 4.69) is 21.8 Å². The van der Waals surface area contributed by atoms with Gasteiger partial charge in [0.1, 0.15) is 11.9 Å². The van der Waals surface area contributed by atoms with E-state index < -0.39 is 0 Å². The maximum absolute atomic E-state index is 6.39. The first-order chi connectivity index (χ1) is 13.2. The number of hydrogen-bond acceptors (Lipinski definition) is 5. The molecule has 1 aliphatic rings. The lowest BCUT2D eigenvalue weighted by Crippen LogP contribution is -2.40. The molecule has 148 valence electrons. The van der Waals surface area contributed by atoms with Gasteiger partial charge in [-0.1, -0.05) is 11.6 Å². The Morgan fingerprint density at radius 2 is 2.22 bits per heavy atom. The van der Waals surface area contributed by atoms with Gasteiger partial charge < -0.3 is 24.1 Å². The molecule has 7 heteroatoms. The third-order valence-corrected chi connectivity index (χ3v) is 5.09. The molecule has 0 spiro atoms.